The lowest BCUT2D eigenvalue weighted by molar-refractivity contribution is 0.00172. The SMILES string of the molecule is CC(C)Oc1ccc(C2=CC3=CC(C)(C)[C@@](C)(OC(N)=O)C3=CC2)cc1. The Morgan fingerprint density at radius 2 is 1.81 bits per heavy atom. The van der Waals surface area contributed by atoms with Gasteiger partial charge in [0.2, 0.25) is 0 Å². The van der Waals surface area contributed by atoms with Crippen molar-refractivity contribution >= 4 is 11.7 Å². The fourth-order valence-corrected chi connectivity index (χ4v) is 3.73. The first-order valence-electron chi connectivity index (χ1n) is 9.02. The molecule has 0 saturated heterocycles. The van der Waals surface area contributed by atoms with Crippen LogP contribution in [0.2, 0.25) is 0 Å². The summed E-state index contributed by atoms with van der Waals surface area (Å²) in [6, 6.07) is 8.18. The number of nitrogens with two attached hydrogens (primary N) is 1. The minimum Gasteiger partial charge on any atom is -0.491 e. The van der Waals surface area contributed by atoms with Gasteiger partial charge in [0.25, 0.3) is 0 Å². The third-order valence-electron chi connectivity index (χ3n) is 5.33. The topological polar surface area (TPSA) is 61.6 Å². The molecule has 1 amide bonds. The Bertz CT molecular complexity index is 812. The van der Waals surface area contributed by atoms with Crippen LogP contribution in [0, 0.1) is 5.41 Å². The van der Waals surface area contributed by atoms with Gasteiger partial charge in [0.1, 0.15) is 11.4 Å². The van der Waals surface area contributed by atoms with E-state index >= 15 is 0 Å². The number of carbonyl (C=O) groups excluding carboxylic acids is 1. The summed E-state index contributed by atoms with van der Waals surface area (Å²) in [4.78, 5) is 11.4. The van der Waals surface area contributed by atoms with Crippen LogP contribution in [0.3, 0.4) is 0 Å². The van der Waals surface area contributed by atoms with Crippen molar-refractivity contribution < 1.29 is 14.3 Å². The van der Waals surface area contributed by atoms with Crippen molar-refractivity contribution in [3.63, 3.8) is 0 Å². The van der Waals surface area contributed by atoms with Crippen molar-refractivity contribution in [3.05, 3.63) is 59.2 Å². The molecule has 1 atom stereocenters. The normalized spacial score (nSPS) is 23.7. The van der Waals surface area contributed by atoms with E-state index in [1.165, 1.54) is 11.1 Å². The number of hydrogen-bond donors (Lipinski definition) is 1. The maximum absolute atomic E-state index is 11.4. The Morgan fingerprint density at radius 1 is 1.15 bits per heavy atom. The average molecular weight is 353 g/mol. The van der Waals surface area contributed by atoms with E-state index in [2.05, 4.69) is 44.2 Å². The predicted octanol–water partition coefficient (Wildman–Crippen LogP) is 5.01. The summed E-state index contributed by atoms with van der Waals surface area (Å²) in [5.74, 6) is 0.875. The van der Waals surface area contributed by atoms with E-state index in [9.17, 15) is 4.79 Å². The molecule has 0 unspecified atom stereocenters. The van der Waals surface area contributed by atoms with Gasteiger partial charge in [-0.1, -0.05) is 44.2 Å². The van der Waals surface area contributed by atoms with Crippen LogP contribution in [-0.2, 0) is 4.74 Å². The van der Waals surface area contributed by atoms with Gasteiger partial charge in [-0.05, 0) is 61.6 Å². The summed E-state index contributed by atoms with van der Waals surface area (Å²) in [5, 5.41) is 0. The van der Waals surface area contributed by atoms with E-state index in [-0.39, 0.29) is 11.5 Å². The maximum atomic E-state index is 11.4. The molecule has 3 rings (SSSR count). The molecule has 4 nitrogen and oxygen atoms in total. The zero-order valence-electron chi connectivity index (χ0n) is 16.1. The smallest absolute Gasteiger partial charge is 0.405 e. The predicted molar refractivity (Wildman–Crippen MR) is 104 cm³/mol. The lowest BCUT2D eigenvalue weighted by Gasteiger charge is -2.38. The van der Waals surface area contributed by atoms with Crippen LogP contribution in [0.5, 0.6) is 5.75 Å². The summed E-state index contributed by atoms with van der Waals surface area (Å²) in [6.07, 6.45) is 6.70. The second-order valence-electron chi connectivity index (χ2n) is 7.96. The summed E-state index contributed by atoms with van der Waals surface area (Å²) >= 11 is 0. The highest BCUT2D eigenvalue weighted by atomic mass is 16.6. The second-order valence-corrected chi connectivity index (χ2v) is 7.96. The third kappa shape index (κ3) is 3.16. The first-order valence-corrected chi connectivity index (χ1v) is 9.02. The quantitative estimate of drug-likeness (QED) is 0.828. The third-order valence-corrected chi connectivity index (χ3v) is 5.33. The molecule has 0 aliphatic heterocycles. The van der Waals surface area contributed by atoms with Crippen molar-refractivity contribution in [3.8, 4) is 5.75 Å². The Kier molecular flexibility index (Phi) is 4.47. The van der Waals surface area contributed by atoms with Crippen LogP contribution < -0.4 is 10.5 Å². The minimum absolute atomic E-state index is 0.161. The first kappa shape index (κ1) is 18.3. The Morgan fingerprint density at radius 3 is 2.38 bits per heavy atom. The fraction of sp³-hybridized carbons (Fsp3) is 0.409. The molecule has 2 aliphatic carbocycles. The molecule has 138 valence electrons. The summed E-state index contributed by atoms with van der Waals surface area (Å²) < 4.78 is 11.3. The Hall–Kier alpha value is -2.49. The highest BCUT2D eigenvalue weighted by Crippen LogP contribution is 2.52. The molecule has 0 bridgehead atoms. The number of primary amides is 1. The van der Waals surface area contributed by atoms with Crippen LogP contribution in [-0.4, -0.2) is 17.8 Å². The van der Waals surface area contributed by atoms with Gasteiger partial charge in [-0.25, -0.2) is 4.79 Å². The number of allylic oxidation sites excluding steroid dienone is 3. The van der Waals surface area contributed by atoms with Gasteiger partial charge in [-0.3, -0.25) is 0 Å². The van der Waals surface area contributed by atoms with Gasteiger partial charge in [0.15, 0.2) is 0 Å². The average Bonchev–Trinajstić information content (AvgIpc) is 2.72. The van der Waals surface area contributed by atoms with Crippen LogP contribution in [0.15, 0.2) is 53.6 Å². The lowest BCUT2D eigenvalue weighted by atomic mass is 9.75. The van der Waals surface area contributed by atoms with Crippen LogP contribution in [0.1, 0.15) is 46.6 Å². The number of rotatable bonds is 4. The van der Waals surface area contributed by atoms with E-state index in [0.717, 1.165) is 23.3 Å². The minimum atomic E-state index is -0.745. The highest BCUT2D eigenvalue weighted by molar-refractivity contribution is 5.77. The van der Waals surface area contributed by atoms with Gasteiger partial charge in [0, 0.05) is 5.41 Å². The molecule has 0 saturated carbocycles. The summed E-state index contributed by atoms with van der Waals surface area (Å²) in [7, 11) is 0. The van der Waals surface area contributed by atoms with Crippen LogP contribution in [0.25, 0.3) is 5.57 Å². The van der Waals surface area contributed by atoms with Crippen molar-refractivity contribution in [2.75, 3.05) is 0 Å². The van der Waals surface area contributed by atoms with Gasteiger partial charge in [0.05, 0.1) is 6.10 Å². The van der Waals surface area contributed by atoms with E-state index < -0.39 is 11.7 Å². The number of fused-ring (bicyclic) bond motifs is 1. The molecule has 1 aromatic carbocycles. The van der Waals surface area contributed by atoms with Crippen LogP contribution >= 0.6 is 0 Å². The molecule has 0 heterocycles. The number of benzene rings is 1. The summed E-state index contributed by atoms with van der Waals surface area (Å²) in [5.41, 5.74) is 8.78. The first-order chi connectivity index (χ1) is 12.1. The van der Waals surface area contributed by atoms with E-state index in [1.807, 2.05) is 32.9 Å². The van der Waals surface area contributed by atoms with Gasteiger partial charge in [-0.15, -0.1) is 0 Å². The summed E-state index contributed by atoms with van der Waals surface area (Å²) in [6.45, 7) is 10.1. The number of amides is 1. The van der Waals surface area contributed by atoms with Crippen molar-refractivity contribution in [1.29, 1.82) is 0 Å². The highest BCUT2D eigenvalue weighted by Gasteiger charge is 2.51. The Labute approximate surface area is 155 Å². The van der Waals surface area contributed by atoms with E-state index in [0.29, 0.717) is 0 Å². The standard InChI is InChI=1S/C22H27NO3/c1-14(2)25-18-9-6-15(7-10-18)16-8-11-19-17(12-16)13-21(3,4)22(19,5)26-20(23)24/h6-7,9-14H,8H2,1-5H3,(H2,23,24)/t22-/m0/s1. The molecule has 2 aliphatic rings. The van der Waals surface area contributed by atoms with Crippen LogP contribution in [0.4, 0.5) is 4.79 Å². The fourth-order valence-electron chi connectivity index (χ4n) is 3.73. The molecule has 0 fully saturated rings. The number of ether oxygens (including phenoxy) is 2. The van der Waals surface area contributed by atoms with Gasteiger partial charge in [-0.2, -0.15) is 0 Å². The van der Waals surface area contributed by atoms with Crippen molar-refractivity contribution in [1.82, 2.24) is 0 Å². The molecule has 2 N–H and O–H groups in total. The Balaban J connectivity index is 1.88. The number of hydrogen-bond acceptors (Lipinski definition) is 3. The molecule has 1 aromatic rings. The van der Waals surface area contributed by atoms with Gasteiger partial charge >= 0.3 is 6.09 Å². The number of carbonyl (C=O) groups is 1. The zero-order chi connectivity index (χ0) is 19.1. The lowest BCUT2D eigenvalue weighted by Crippen LogP contribution is -2.44. The van der Waals surface area contributed by atoms with Crippen molar-refractivity contribution in [2.45, 2.75) is 52.7 Å². The van der Waals surface area contributed by atoms with E-state index in [4.69, 9.17) is 15.2 Å². The van der Waals surface area contributed by atoms with E-state index in [1.54, 1.807) is 0 Å². The monoisotopic (exact) mass is 353 g/mol. The molecule has 0 spiro atoms. The molecule has 0 radical (unpaired) electrons. The molecule has 0 aromatic heterocycles. The van der Waals surface area contributed by atoms with Gasteiger partial charge < -0.3 is 15.2 Å². The van der Waals surface area contributed by atoms with Crippen molar-refractivity contribution in [2.24, 2.45) is 11.1 Å². The second kappa shape index (κ2) is 6.35. The zero-order valence-corrected chi connectivity index (χ0v) is 16.1. The molecule has 4 heteroatoms. The maximum Gasteiger partial charge on any atom is 0.405 e. The largest absolute Gasteiger partial charge is 0.491 e. The molecular weight excluding hydrogens is 326 g/mol. The molecular formula is C22H27NO3. The molecule has 26 heavy (non-hydrogen) atoms.